The first kappa shape index (κ1) is 25.4. The van der Waals surface area contributed by atoms with Crippen LogP contribution in [-0.4, -0.2) is 84.8 Å². The predicted molar refractivity (Wildman–Crippen MR) is 140 cm³/mol. The van der Waals surface area contributed by atoms with Crippen molar-refractivity contribution in [1.82, 2.24) is 20.0 Å². The molecule has 0 bridgehead atoms. The lowest BCUT2D eigenvalue weighted by Crippen LogP contribution is -2.52. The van der Waals surface area contributed by atoms with Gasteiger partial charge in [0.2, 0.25) is 5.91 Å². The Morgan fingerprint density at radius 1 is 0.947 bits per heavy atom. The van der Waals surface area contributed by atoms with Gasteiger partial charge in [-0.05, 0) is 55.3 Å². The summed E-state index contributed by atoms with van der Waals surface area (Å²) in [6.45, 7) is 2.16. The van der Waals surface area contributed by atoms with Crippen LogP contribution in [0.2, 0.25) is 0 Å². The van der Waals surface area contributed by atoms with Gasteiger partial charge < -0.3 is 24.2 Å². The minimum atomic E-state index is -0.567. The number of piperazine rings is 1. The van der Waals surface area contributed by atoms with Crippen LogP contribution in [-0.2, 0) is 4.79 Å². The molecule has 0 unspecified atom stereocenters. The van der Waals surface area contributed by atoms with Crippen molar-refractivity contribution in [2.45, 2.75) is 18.9 Å². The number of rotatable bonds is 8. The quantitative estimate of drug-likeness (QED) is 0.452. The van der Waals surface area contributed by atoms with Crippen LogP contribution in [0, 0.1) is 5.82 Å². The Kier molecular flexibility index (Phi) is 7.39. The van der Waals surface area contributed by atoms with E-state index in [4.69, 9.17) is 9.47 Å². The SMILES string of the molecule is COc1ccc(-c2ccc(N3CCN(C(=O)CN(C(=O)c4ccccc4F)C4CC4)CC3)nn2)cc1OC. The number of carbonyl (C=O) groups is 2. The van der Waals surface area contributed by atoms with Crippen LogP contribution >= 0.6 is 0 Å². The molecular weight excluding hydrogens is 489 g/mol. The molecule has 0 atom stereocenters. The van der Waals surface area contributed by atoms with Gasteiger partial charge in [-0.15, -0.1) is 10.2 Å². The summed E-state index contributed by atoms with van der Waals surface area (Å²) in [5, 5.41) is 8.79. The summed E-state index contributed by atoms with van der Waals surface area (Å²) in [5.74, 6) is 0.870. The normalized spacial score (nSPS) is 15.2. The molecule has 0 N–H and O–H groups in total. The molecule has 3 aromatic rings. The van der Waals surface area contributed by atoms with Gasteiger partial charge in [0.15, 0.2) is 17.3 Å². The van der Waals surface area contributed by atoms with Crippen molar-refractivity contribution < 1.29 is 23.5 Å². The van der Waals surface area contributed by atoms with E-state index in [1.165, 1.54) is 17.0 Å². The van der Waals surface area contributed by atoms with Crippen LogP contribution in [0.1, 0.15) is 23.2 Å². The maximum absolute atomic E-state index is 14.2. The summed E-state index contributed by atoms with van der Waals surface area (Å²) in [7, 11) is 3.18. The van der Waals surface area contributed by atoms with Gasteiger partial charge in [-0.1, -0.05) is 12.1 Å². The van der Waals surface area contributed by atoms with Crippen molar-refractivity contribution in [1.29, 1.82) is 0 Å². The minimum Gasteiger partial charge on any atom is -0.493 e. The van der Waals surface area contributed by atoms with Gasteiger partial charge in [0.25, 0.3) is 5.91 Å². The van der Waals surface area contributed by atoms with Crippen LogP contribution < -0.4 is 14.4 Å². The third-order valence-corrected chi connectivity index (χ3v) is 6.94. The molecule has 9 nitrogen and oxygen atoms in total. The second-order valence-corrected chi connectivity index (χ2v) is 9.36. The van der Waals surface area contributed by atoms with E-state index in [0.717, 1.165) is 24.2 Å². The summed E-state index contributed by atoms with van der Waals surface area (Å²) in [4.78, 5) is 31.4. The van der Waals surface area contributed by atoms with E-state index in [1.807, 2.05) is 30.3 Å². The molecule has 2 amide bonds. The minimum absolute atomic E-state index is 0.00660. The van der Waals surface area contributed by atoms with Gasteiger partial charge in [-0.3, -0.25) is 9.59 Å². The third-order valence-electron chi connectivity index (χ3n) is 6.94. The number of ether oxygens (including phenoxy) is 2. The lowest BCUT2D eigenvalue weighted by molar-refractivity contribution is -0.132. The number of carbonyl (C=O) groups excluding carboxylic acids is 2. The van der Waals surface area contributed by atoms with E-state index in [9.17, 15) is 14.0 Å². The van der Waals surface area contributed by atoms with Crippen LogP contribution in [0.3, 0.4) is 0 Å². The lowest BCUT2D eigenvalue weighted by atomic mass is 10.1. The fraction of sp³-hybridized carbons (Fsp3) is 0.357. The molecule has 1 saturated carbocycles. The van der Waals surface area contributed by atoms with Crippen molar-refractivity contribution in [3.8, 4) is 22.8 Å². The van der Waals surface area contributed by atoms with E-state index in [0.29, 0.717) is 43.4 Å². The van der Waals surface area contributed by atoms with Gasteiger partial charge in [-0.25, -0.2) is 4.39 Å². The molecule has 2 heterocycles. The number of methoxy groups -OCH3 is 2. The molecule has 38 heavy (non-hydrogen) atoms. The Morgan fingerprint density at radius 3 is 2.32 bits per heavy atom. The van der Waals surface area contributed by atoms with E-state index in [1.54, 1.807) is 31.3 Å². The maximum atomic E-state index is 14.2. The average molecular weight is 520 g/mol. The topological polar surface area (TPSA) is 88.1 Å². The number of aromatic nitrogens is 2. The molecule has 1 aliphatic carbocycles. The van der Waals surface area contributed by atoms with E-state index in [2.05, 4.69) is 15.1 Å². The highest BCUT2D eigenvalue weighted by Crippen LogP contribution is 2.32. The first-order valence-corrected chi connectivity index (χ1v) is 12.6. The molecule has 198 valence electrons. The number of halogens is 1. The van der Waals surface area contributed by atoms with Gasteiger partial charge >= 0.3 is 0 Å². The Morgan fingerprint density at radius 2 is 1.68 bits per heavy atom. The summed E-state index contributed by atoms with van der Waals surface area (Å²) >= 11 is 0. The maximum Gasteiger partial charge on any atom is 0.257 e. The van der Waals surface area contributed by atoms with Gasteiger partial charge in [0, 0.05) is 37.8 Å². The van der Waals surface area contributed by atoms with Crippen LogP contribution in [0.4, 0.5) is 10.2 Å². The molecule has 10 heteroatoms. The Hall–Kier alpha value is -4.21. The molecule has 2 aliphatic rings. The molecule has 2 aromatic carbocycles. The smallest absolute Gasteiger partial charge is 0.257 e. The molecule has 5 rings (SSSR count). The van der Waals surface area contributed by atoms with Gasteiger partial charge in [-0.2, -0.15) is 0 Å². The summed E-state index contributed by atoms with van der Waals surface area (Å²) in [6, 6.07) is 15.3. The first-order chi connectivity index (χ1) is 18.5. The largest absolute Gasteiger partial charge is 0.493 e. The Bertz CT molecular complexity index is 1310. The van der Waals surface area contributed by atoms with Gasteiger partial charge in [0.1, 0.15) is 12.4 Å². The Labute approximate surface area is 220 Å². The van der Waals surface area contributed by atoms with Crippen LogP contribution in [0.25, 0.3) is 11.3 Å². The van der Waals surface area contributed by atoms with Crippen LogP contribution in [0.5, 0.6) is 11.5 Å². The number of amides is 2. The molecule has 2 fully saturated rings. The predicted octanol–water partition coefficient (Wildman–Crippen LogP) is 3.25. The van der Waals surface area contributed by atoms with E-state index < -0.39 is 11.7 Å². The zero-order valence-corrected chi connectivity index (χ0v) is 21.5. The van der Waals surface area contributed by atoms with Crippen LogP contribution in [0.15, 0.2) is 54.6 Å². The van der Waals surface area contributed by atoms with Crippen molar-refractivity contribution in [2.75, 3.05) is 51.8 Å². The summed E-state index contributed by atoms with van der Waals surface area (Å²) in [5.41, 5.74) is 1.58. The summed E-state index contributed by atoms with van der Waals surface area (Å²) in [6.07, 6.45) is 1.67. The van der Waals surface area contributed by atoms with Gasteiger partial charge in [0.05, 0.1) is 25.5 Å². The van der Waals surface area contributed by atoms with Crippen molar-refractivity contribution in [3.05, 3.63) is 66.0 Å². The molecule has 0 radical (unpaired) electrons. The molecule has 1 aliphatic heterocycles. The second-order valence-electron chi connectivity index (χ2n) is 9.36. The highest BCUT2D eigenvalue weighted by Gasteiger charge is 2.36. The van der Waals surface area contributed by atoms with E-state index in [-0.39, 0.29) is 24.1 Å². The zero-order valence-electron chi connectivity index (χ0n) is 21.5. The van der Waals surface area contributed by atoms with E-state index >= 15 is 0 Å². The van der Waals surface area contributed by atoms with Crippen molar-refractivity contribution >= 4 is 17.6 Å². The number of hydrogen-bond acceptors (Lipinski definition) is 7. The standard InChI is InChI=1S/C28H30FN5O4/c1-37-24-11-7-19(17-25(24)38-2)23-10-12-26(31-30-23)32-13-15-33(16-14-32)27(35)18-34(20-8-9-20)28(36)21-5-3-4-6-22(21)29/h3-7,10-12,17,20H,8-9,13-16,18H2,1-2H3. The molecule has 0 spiro atoms. The van der Waals surface area contributed by atoms with Crippen molar-refractivity contribution in [3.63, 3.8) is 0 Å². The zero-order chi connectivity index (χ0) is 26.6. The number of anilines is 1. The molecule has 1 aromatic heterocycles. The average Bonchev–Trinajstić information content (AvgIpc) is 3.81. The second kappa shape index (κ2) is 11.0. The summed E-state index contributed by atoms with van der Waals surface area (Å²) < 4.78 is 24.9. The molecular formula is C28H30FN5O4. The monoisotopic (exact) mass is 519 g/mol. The third kappa shape index (κ3) is 5.39. The fourth-order valence-electron chi connectivity index (χ4n) is 4.62. The first-order valence-electron chi connectivity index (χ1n) is 12.6. The number of hydrogen-bond donors (Lipinski definition) is 0. The molecule has 1 saturated heterocycles. The highest BCUT2D eigenvalue weighted by atomic mass is 19.1. The highest BCUT2D eigenvalue weighted by molar-refractivity contribution is 5.97. The van der Waals surface area contributed by atoms with Crippen molar-refractivity contribution in [2.24, 2.45) is 0 Å². The lowest BCUT2D eigenvalue weighted by Gasteiger charge is -2.36. The number of nitrogens with zero attached hydrogens (tertiary/aromatic N) is 5. The number of benzene rings is 2. The fourth-order valence-corrected chi connectivity index (χ4v) is 4.62. The Balaban J connectivity index is 1.19.